The predicted molar refractivity (Wildman–Crippen MR) is 68.2 cm³/mol. The van der Waals surface area contributed by atoms with Gasteiger partial charge in [-0.1, -0.05) is 28.4 Å². The van der Waals surface area contributed by atoms with Gasteiger partial charge in [-0.05, 0) is 37.0 Å². The van der Waals surface area contributed by atoms with Crippen LogP contribution < -0.4 is 0 Å². The van der Waals surface area contributed by atoms with E-state index in [9.17, 15) is 0 Å². The number of rotatable bonds is 3. The summed E-state index contributed by atoms with van der Waals surface area (Å²) in [5, 5.41) is 9.49. The zero-order chi connectivity index (χ0) is 11.8. The summed E-state index contributed by atoms with van der Waals surface area (Å²) >= 11 is 11.9. The van der Waals surface area contributed by atoms with Crippen molar-refractivity contribution in [3.05, 3.63) is 34.4 Å². The van der Waals surface area contributed by atoms with Gasteiger partial charge in [-0.15, -0.1) is 5.10 Å². The van der Waals surface area contributed by atoms with E-state index in [2.05, 4.69) is 10.3 Å². The molecule has 0 unspecified atom stereocenters. The number of halogens is 2. The van der Waals surface area contributed by atoms with E-state index in [1.165, 1.54) is 12.8 Å². The standard InChI is InChI=1S/C12H11Cl2N3/c13-10-3-9(4-11(14)5-10)12-7-17(16-15-12)6-8-1-2-8/h3-5,7-8H,1-2,6H2. The zero-order valence-electron chi connectivity index (χ0n) is 9.11. The lowest BCUT2D eigenvalue weighted by Gasteiger charge is -1.98. The smallest absolute Gasteiger partial charge is 0.113 e. The van der Waals surface area contributed by atoms with Gasteiger partial charge >= 0.3 is 0 Å². The Bertz CT molecular complexity index is 526. The molecule has 0 atom stereocenters. The largest absolute Gasteiger partial charge is 0.252 e. The minimum atomic E-state index is 0.615. The molecule has 1 aliphatic carbocycles. The van der Waals surface area contributed by atoms with Crippen molar-refractivity contribution in [2.75, 3.05) is 0 Å². The van der Waals surface area contributed by atoms with E-state index in [-0.39, 0.29) is 0 Å². The van der Waals surface area contributed by atoms with Crippen LogP contribution in [0.2, 0.25) is 10.0 Å². The van der Waals surface area contributed by atoms with E-state index in [1.54, 1.807) is 6.07 Å². The molecule has 1 heterocycles. The molecule has 0 aliphatic heterocycles. The van der Waals surface area contributed by atoms with Gasteiger partial charge in [0.15, 0.2) is 0 Å². The van der Waals surface area contributed by atoms with Crippen LogP contribution in [0.15, 0.2) is 24.4 Å². The Hall–Kier alpha value is -1.06. The van der Waals surface area contributed by atoms with Crippen molar-refractivity contribution in [1.82, 2.24) is 15.0 Å². The van der Waals surface area contributed by atoms with Gasteiger partial charge in [0.2, 0.25) is 0 Å². The summed E-state index contributed by atoms with van der Waals surface area (Å²) in [7, 11) is 0. The molecule has 0 N–H and O–H groups in total. The fourth-order valence-corrected chi connectivity index (χ4v) is 2.31. The Labute approximate surface area is 109 Å². The average Bonchev–Trinajstić information content (AvgIpc) is 2.93. The Kier molecular flexibility index (Phi) is 2.81. The Morgan fingerprint density at radius 3 is 2.53 bits per heavy atom. The molecule has 0 saturated heterocycles. The second kappa shape index (κ2) is 4.31. The van der Waals surface area contributed by atoms with Gasteiger partial charge in [-0.25, -0.2) is 0 Å². The molecule has 0 spiro atoms. The highest BCUT2D eigenvalue weighted by Crippen LogP contribution is 2.31. The molecule has 1 fully saturated rings. The quantitative estimate of drug-likeness (QED) is 0.850. The minimum Gasteiger partial charge on any atom is -0.252 e. The van der Waals surface area contributed by atoms with Crippen molar-refractivity contribution in [3.63, 3.8) is 0 Å². The van der Waals surface area contributed by atoms with Gasteiger partial charge < -0.3 is 0 Å². The maximum atomic E-state index is 5.96. The highest BCUT2D eigenvalue weighted by molar-refractivity contribution is 6.35. The highest BCUT2D eigenvalue weighted by atomic mass is 35.5. The highest BCUT2D eigenvalue weighted by Gasteiger charge is 2.22. The van der Waals surface area contributed by atoms with E-state index in [1.807, 2.05) is 23.0 Å². The topological polar surface area (TPSA) is 30.7 Å². The maximum Gasteiger partial charge on any atom is 0.113 e. The summed E-state index contributed by atoms with van der Waals surface area (Å²) in [4.78, 5) is 0. The Morgan fingerprint density at radius 1 is 1.18 bits per heavy atom. The number of nitrogens with zero attached hydrogens (tertiary/aromatic N) is 3. The fourth-order valence-electron chi connectivity index (χ4n) is 1.79. The first-order valence-corrected chi connectivity index (χ1v) is 6.33. The van der Waals surface area contributed by atoms with Gasteiger partial charge in [0.1, 0.15) is 5.69 Å². The van der Waals surface area contributed by atoms with Crippen LogP contribution in [-0.2, 0) is 6.54 Å². The van der Waals surface area contributed by atoms with Crippen molar-refractivity contribution < 1.29 is 0 Å². The zero-order valence-corrected chi connectivity index (χ0v) is 10.6. The van der Waals surface area contributed by atoms with Crippen LogP contribution >= 0.6 is 23.2 Å². The molecular formula is C12H11Cl2N3. The van der Waals surface area contributed by atoms with Crippen molar-refractivity contribution in [2.24, 2.45) is 5.92 Å². The van der Waals surface area contributed by atoms with Crippen molar-refractivity contribution in [1.29, 1.82) is 0 Å². The molecule has 5 heteroatoms. The van der Waals surface area contributed by atoms with Crippen molar-refractivity contribution in [3.8, 4) is 11.3 Å². The normalized spacial score (nSPS) is 15.2. The molecule has 1 saturated carbocycles. The minimum absolute atomic E-state index is 0.615. The maximum absolute atomic E-state index is 5.96. The van der Waals surface area contributed by atoms with E-state index in [0.717, 1.165) is 23.7 Å². The second-order valence-corrected chi connectivity index (χ2v) is 5.30. The lowest BCUT2D eigenvalue weighted by molar-refractivity contribution is 0.544. The van der Waals surface area contributed by atoms with Gasteiger partial charge in [-0.3, -0.25) is 4.68 Å². The SMILES string of the molecule is Clc1cc(Cl)cc(-c2cn(CC3CC3)nn2)c1. The molecule has 2 aromatic rings. The molecule has 3 rings (SSSR count). The molecule has 0 bridgehead atoms. The lowest BCUT2D eigenvalue weighted by atomic mass is 10.2. The molecule has 0 amide bonds. The Morgan fingerprint density at radius 2 is 1.88 bits per heavy atom. The second-order valence-electron chi connectivity index (χ2n) is 4.43. The number of hydrogen-bond acceptors (Lipinski definition) is 2. The number of aromatic nitrogens is 3. The molecule has 3 nitrogen and oxygen atoms in total. The first-order valence-electron chi connectivity index (χ1n) is 5.57. The lowest BCUT2D eigenvalue weighted by Crippen LogP contribution is -1.99. The third-order valence-corrected chi connectivity index (χ3v) is 3.28. The molecule has 1 aromatic heterocycles. The number of benzene rings is 1. The van der Waals surface area contributed by atoms with Crippen LogP contribution in [0.1, 0.15) is 12.8 Å². The summed E-state index contributed by atoms with van der Waals surface area (Å²) in [6.07, 6.45) is 4.55. The van der Waals surface area contributed by atoms with Crippen LogP contribution in [0.3, 0.4) is 0 Å². The fraction of sp³-hybridized carbons (Fsp3) is 0.333. The predicted octanol–water partition coefficient (Wildman–Crippen LogP) is 3.66. The monoisotopic (exact) mass is 267 g/mol. The van der Waals surface area contributed by atoms with Gasteiger partial charge in [0, 0.05) is 22.2 Å². The molecular weight excluding hydrogens is 257 g/mol. The van der Waals surface area contributed by atoms with Crippen LogP contribution in [0.5, 0.6) is 0 Å². The molecule has 88 valence electrons. The summed E-state index contributed by atoms with van der Waals surface area (Å²) < 4.78 is 1.89. The molecule has 0 radical (unpaired) electrons. The van der Waals surface area contributed by atoms with Crippen molar-refractivity contribution in [2.45, 2.75) is 19.4 Å². The van der Waals surface area contributed by atoms with E-state index in [0.29, 0.717) is 10.0 Å². The van der Waals surface area contributed by atoms with Crippen LogP contribution in [-0.4, -0.2) is 15.0 Å². The van der Waals surface area contributed by atoms with Gasteiger partial charge in [0.05, 0.1) is 6.20 Å². The van der Waals surface area contributed by atoms with Crippen LogP contribution in [0.25, 0.3) is 11.3 Å². The first-order chi connectivity index (χ1) is 8.20. The van der Waals surface area contributed by atoms with Crippen LogP contribution in [0, 0.1) is 5.92 Å². The molecule has 1 aromatic carbocycles. The average molecular weight is 268 g/mol. The molecule has 17 heavy (non-hydrogen) atoms. The van der Waals surface area contributed by atoms with E-state index < -0.39 is 0 Å². The van der Waals surface area contributed by atoms with Gasteiger partial charge in [-0.2, -0.15) is 0 Å². The van der Waals surface area contributed by atoms with E-state index in [4.69, 9.17) is 23.2 Å². The number of hydrogen-bond donors (Lipinski definition) is 0. The van der Waals surface area contributed by atoms with E-state index >= 15 is 0 Å². The third-order valence-electron chi connectivity index (χ3n) is 2.84. The first kappa shape index (κ1) is 11.1. The third kappa shape index (κ3) is 2.61. The summed E-state index contributed by atoms with van der Waals surface area (Å²) in [5.74, 6) is 0.785. The van der Waals surface area contributed by atoms with Gasteiger partial charge in [0.25, 0.3) is 0 Å². The summed E-state index contributed by atoms with van der Waals surface area (Å²) in [6.45, 7) is 0.960. The summed E-state index contributed by atoms with van der Waals surface area (Å²) in [6, 6.07) is 5.40. The van der Waals surface area contributed by atoms with Crippen LogP contribution in [0.4, 0.5) is 0 Å². The summed E-state index contributed by atoms with van der Waals surface area (Å²) in [5.41, 5.74) is 1.72. The Balaban J connectivity index is 1.88. The molecule has 1 aliphatic rings. The van der Waals surface area contributed by atoms with Crippen molar-refractivity contribution >= 4 is 23.2 Å².